The van der Waals surface area contributed by atoms with Crippen LogP contribution >= 0.6 is 0 Å². The highest BCUT2D eigenvalue weighted by Crippen LogP contribution is 2.51. The summed E-state index contributed by atoms with van der Waals surface area (Å²) in [5.41, 5.74) is -0.343. The second-order valence-electron chi connectivity index (χ2n) is 13.2. The van der Waals surface area contributed by atoms with Gasteiger partial charge in [0.05, 0.1) is 17.0 Å². The van der Waals surface area contributed by atoms with E-state index < -0.39 is 41.4 Å². The lowest BCUT2D eigenvalue weighted by Gasteiger charge is -2.45. The van der Waals surface area contributed by atoms with Crippen LogP contribution in [0.2, 0.25) is 0 Å². The molecule has 4 nitrogen and oxygen atoms in total. The van der Waals surface area contributed by atoms with Crippen molar-refractivity contribution in [1.82, 2.24) is 4.90 Å². The largest absolute Gasteiger partial charge is 0.490 e. The second kappa shape index (κ2) is 11.0. The molecule has 2 aliphatic carbocycles. The van der Waals surface area contributed by atoms with Crippen molar-refractivity contribution in [2.75, 3.05) is 13.1 Å². The molecule has 234 valence electrons. The van der Waals surface area contributed by atoms with Crippen molar-refractivity contribution in [3.8, 4) is 5.75 Å². The van der Waals surface area contributed by atoms with Crippen LogP contribution < -0.4 is 4.74 Å². The first kappa shape index (κ1) is 30.3. The Morgan fingerprint density at radius 2 is 1.58 bits per heavy atom. The normalized spacial score (nSPS) is 28.1. The number of likely N-dealkylation sites (tertiary alicyclic amines) is 1. The summed E-state index contributed by atoms with van der Waals surface area (Å²) >= 11 is 0. The van der Waals surface area contributed by atoms with Crippen molar-refractivity contribution < 1.29 is 41.0 Å². The fraction of sp³-hybridized carbons (Fsp3) is 0.606. The number of aryl methyl sites for hydroxylation is 1. The quantitative estimate of drug-likeness (QED) is 0.321. The molecule has 1 N–H and O–H groups in total. The summed E-state index contributed by atoms with van der Waals surface area (Å²) < 4.78 is 88.6. The molecule has 2 heterocycles. The first-order valence-electron chi connectivity index (χ1n) is 15.3. The Bertz CT molecular complexity index is 1360. The Morgan fingerprint density at radius 3 is 2.16 bits per heavy atom. The van der Waals surface area contributed by atoms with Gasteiger partial charge in [-0.05, 0) is 110 Å². The van der Waals surface area contributed by atoms with Gasteiger partial charge in [-0.3, -0.25) is 9.69 Å². The third-order valence-corrected chi connectivity index (χ3v) is 10.6. The van der Waals surface area contributed by atoms with Crippen LogP contribution in [0, 0.1) is 29.6 Å². The number of fused-ring (bicyclic) bond motifs is 3. The van der Waals surface area contributed by atoms with E-state index in [0.29, 0.717) is 37.2 Å². The van der Waals surface area contributed by atoms with E-state index in [1.54, 1.807) is 13.8 Å². The van der Waals surface area contributed by atoms with E-state index in [9.17, 15) is 36.2 Å². The number of piperidine rings is 1. The molecule has 2 aromatic rings. The zero-order chi connectivity index (χ0) is 30.8. The van der Waals surface area contributed by atoms with Gasteiger partial charge in [0, 0.05) is 25.0 Å². The van der Waals surface area contributed by atoms with Gasteiger partial charge >= 0.3 is 18.3 Å². The summed E-state index contributed by atoms with van der Waals surface area (Å²) in [7, 11) is 0. The van der Waals surface area contributed by atoms with Crippen LogP contribution in [0.1, 0.15) is 85.7 Å². The number of benzene rings is 2. The molecular formula is C33H37F6NO3. The van der Waals surface area contributed by atoms with Gasteiger partial charge in [0.2, 0.25) is 0 Å². The number of hydrogen-bond donors (Lipinski definition) is 1. The minimum absolute atomic E-state index is 0.0618. The molecule has 0 radical (unpaired) electrons. The summed E-state index contributed by atoms with van der Waals surface area (Å²) in [6, 6.07) is 7.02. The van der Waals surface area contributed by atoms with E-state index in [1.165, 1.54) is 0 Å². The maximum atomic E-state index is 13.9. The van der Waals surface area contributed by atoms with Crippen LogP contribution in [-0.4, -0.2) is 35.2 Å². The van der Waals surface area contributed by atoms with Gasteiger partial charge in [-0.25, -0.2) is 0 Å². The fourth-order valence-corrected chi connectivity index (χ4v) is 8.23. The highest BCUT2D eigenvalue weighted by atomic mass is 19.4. The molecule has 1 saturated heterocycles. The summed E-state index contributed by atoms with van der Waals surface area (Å²) in [5.74, 6) is 0.336. The Morgan fingerprint density at radius 1 is 0.907 bits per heavy atom. The molecule has 10 heteroatoms. The predicted molar refractivity (Wildman–Crippen MR) is 148 cm³/mol. The number of carboxylic acids is 1. The van der Waals surface area contributed by atoms with Crippen molar-refractivity contribution in [1.29, 1.82) is 0 Å². The first-order valence-corrected chi connectivity index (χ1v) is 15.3. The number of halogens is 6. The molecule has 1 unspecified atom stereocenters. The van der Waals surface area contributed by atoms with E-state index in [4.69, 9.17) is 4.74 Å². The van der Waals surface area contributed by atoms with Gasteiger partial charge in [0.1, 0.15) is 11.9 Å². The van der Waals surface area contributed by atoms with Crippen LogP contribution in [0.15, 0.2) is 36.4 Å². The maximum Gasteiger partial charge on any atom is 0.416 e. The minimum Gasteiger partial charge on any atom is -0.490 e. The Balaban J connectivity index is 1.20. The summed E-state index contributed by atoms with van der Waals surface area (Å²) in [6.45, 7) is 4.34. The van der Waals surface area contributed by atoms with Gasteiger partial charge in [-0.1, -0.05) is 19.1 Å². The molecule has 43 heavy (non-hydrogen) atoms. The van der Waals surface area contributed by atoms with Crippen LogP contribution in [-0.2, 0) is 23.6 Å². The Hall–Kier alpha value is -2.75. The van der Waals surface area contributed by atoms with Gasteiger partial charge in [0.15, 0.2) is 0 Å². The number of aliphatic carboxylic acids is 1. The first-order chi connectivity index (χ1) is 20.2. The number of ether oxygens (including phenoxy) is 1. The average Bonchev–Trinajstić information content (AvgIpc) is 3.74. The highest BCUT2D eigenvalue weighted by Gasteiger charge is 2.49. The van der Waals surface area contributed by atoms with Crippen molar-refractivity contribution >= 4 is 5.97 Å². The van der Waals surface area contributed by atoms with Crippen molar-refractivity contribution in [2.24, 2.45) is 29.6 Å². The lowest BCUT2D eigenvalue weighted by Crippen LogP contribution is -2.49. The van der Waals surface area contributed by atoms with E-state index in [-0.39, 0.29) is 35.3 Å². The standard InChI is InChI=1S/C33H37F6NO3/c1-17(31(41)42)29(20-4-5-20)21-6-3-19-9-12-27(43-28(19)13-21)30-22-7-8-23(30)16-40(15-22)18(2)25-14-24(32(34,35)36)10-11-26(25)33(37,38)39/h3,6,10-11,13-14,17-18,20,22-23,27,29-30H,4-5,7-9,12,15-16H2,1-2H3,(H,41,42)/t17-,18+,22-,23+,27?,29-,30-/m0/s1. The summed E-state index contributed by atoms with van der Waals surface area (Å²) in [5, 5.41) is 9.70. The molecule has 2 aliphatic heterocycles. The molecule has 0 aromatic heterocycles. The molecule has 0 spiro atoms. The molecule has 2 aromatic carbocycles. The van der Waals surface area contributed by atoms with Crippen molar-refractivity contribution in [2.45, 2.75) is 82.8 Å². The smallest absolute Gasteiger partial charge is 0.416 e. The number of carbonyl (C=O) groups is 1. The third kappa shape index (κ3) is 5.88. The molecular weight excluding hydrogens is 572 g/mol. The molecule has 0 amide bonds. The summed E-state index contributed by atoms with van der Waals surface area (Å²) in [6.07, 6.45) is -4.05. The van der Waals surface area contributed by atoms with E-state index in [1.807, 2.05) is 17.0 Å². The van der Waals surface area contributed by atoms with E-state index in [0.717, 1.165) is 55.4 Å². The van der Waals surface area contributed by atoms with Crippen LogP contribution in [0.3, 0.4) is 0 Å². The molecule has 6 rings (SSSR count). The van der Waals surface area contributed by atoms with Crippen molar-refractivity contribution in [3.05, 3.63) is 64.2 Å². The van der Waals surface area contributed by atoms with Crippen LogP contribution in [0.4, 0.5) is 26.3 Å². The van der Waals surface area contributed by atoms with Crippen molar-refractivity contribution in [3.63, 3.8) is 0 Å². The predicted octanol–water partition coefficient (Wildman–Crippen LogP) is 8.35. The van der Waals surface area contributed by atoms with Crippen LogP contribution in [0.25, 0.3) is 0 Å². The summed E-state index contributed by atoms with van der Waals surface area (Å²) in [4.78, 5) is 13.7. The highest BCUT2D eigenvalue weighted by molar-refractivity contribution is 5.71. The lowest BCUT2D eigenvalue weighted by atomic mass is 9.77. The molecule has 4 aliphatic rings. The number of nitrogens with zero attached hydrogens (tertiary/aromatic N) is 1. The maximum absolute atomic E-state index is 13.9. The van der Waals surface area contributed by atoms with Gasteiger partial charge in [-0.15, -0.1) is 0 Å². The van der Waals surface area contributed by atoms with E-state index in [2.05, 4.69) is 6.07 Å². The van der Waals surface area contributed by atoms with Crippen LogP contribution in [0.5, 0.6) is 5.75 Å². The zero-order valence-corrected chi connectivity index (χ0v) is 24.2. The van der Waals surface area contributed by atoms with E-state index >= 15 is 0 Å². The Labute approximate surface area is 247 Å². The number of carboxylic acid groups (broad SMARTS) is 1. The second-order valence-corrected chi connectivity index (χ2v) is 13.2. The monoisotopic (exact) mass is 609 g/mol. The average molecular weight is 610 g/mol. The number of alkyl halides is 6. The topological polar surface area (TPSA) is 49.8 Å². The van der Waals surface area contributed by atoms with Gasteiger partial charge < -0.3 is 9.84 Å². The SMILES string of the molecule is C[C@H](C(=O)O)[C@H](c1ccc2c(c1)OC([C@@H]1[C@@H]3CC[C@H]1CN([C@H](C)c1cc(C(F)(F)F)ccc1C(F)(F)F)C3)CC2)C1CC1. The number of hydrogen-bond acceptors (Lipinski definition) is 3. The number of rotatable bonds is 7. The van der Waals surface area contributed by atoms with Gasteiger partial charge in [-0.2, -0.15) is 26.3 Å². The zero-order valence-electron chi connectivity index (χ0n) is 24.2. The fourth-order valence-electron chi connectivity index (χ4n) is 8.23. The molecule has 7 atom stereocenters. The molecule has 3 fully saturated rings. The van der Waals surface area contributed by atoms with Gasteiger partial charge in [0.25, 0.3) is 0 Å². The third-order valence-electron chi connectivity index (χ3n) is 10.6. The lowest BCUT2D eigenvalue weighted by molar-refractivity contribution is -0.142. The molecule has 2 bridgehead atoms. The Kier molecular flexibility index (Phi) is 7.75. The minimum atomic E-state index is -4.76. The molecule has 2 saturated carbocycles.